The fraction of sp³-hybridized carbons (Fsp3) is 0.294. The van der Waals surface area contributed by atoms with Gasteiger partial charge in [0.2, 0.25) is 0 Å². The summed E-state index contributed by atoms with van der Waals surface area (Å²) in [5.74, 6) is 1.67. The third-order valence-electron chi connectivity index (χ3n) is 3.38. The van der Waals surface area contributed by atoms with Crippen molar-refractivity contribution in [3.05, 3.63) is 52.6 Å². The van der Waals surface area contributed by atoms with Gasteiger partial charge in [0.1, 0.15) is 18.1 Å². The van der Waals surface area contributed by atoms with E-state index in [0.717, 1.165) is 17.1 Å². The first kappa shape index (κ1) is 14.3. The van der Waals surface area contributed by atoms with E-state index < -0.39 is 0 Å². The molecule has 0 atom stereocenters. The Morgan fingerprint density at radius 3 is 2.45 bits per heavy atom. The van der Waals surface area contributed by atoms with Gasteiger partial charge in [0, 0.05) is 11.8 Å². The van der Waals surface area contributed by atoms with Crippen molar-refractivity contribution in [1.82, 2.24) is 0 Å². The average molecular weight is 271 g/mol. The smallest absolute Gasteiger partial charge is 0.123 e. The molecule has 106 valence electrons. The van der Waals surface area contributed by atoms with E-state index in [4.69, 9.17) is 15.2 Å². The summed E-state index contributed by atoms with van der Waals surface area (Å²) in [5.41, 5.74) is 11.1. The predicted molar refractivity (Wildman–Crippen MR) is 82.4 cm³/mol. The zero-order valence-corrected chi connectivity index (χ0v) is 12.5. The van der Waals surface area contributed by atoms with Crippen molar-refractivity contribution in [3.63, 3.8) is 0 Å². The Balaban J connectivity index is 2.19. The molecule has 0 bridgehead atoms. The molecule has 0 aliphatic rings. The lowest BCUT2D eigenvalue weighted by Gasteiger charge is -2.13. The van der Waals surface area contributed by atoms with Gasteiger partial charge in [0.15, 0.2) is 0 Å². The van der Waals surface area contributed by atoms with Crippen molar-refractivity contribution in [1.29, 1.82) is 0 Å². The molecule has 2 aromatic carbocycles. The molecule has 0 saturated heterocycles. The van der Waals surface area contributed by atoms with Gasteiger partial charge in [0.25, 0.3) is 0 Å². The van der Waals surface area contributed by atoms with Crippen molar-refractivity contribution in [3.8, 4) is 11.5 Å². The summed E-state index contributed by atoms with van der Waals surface area (Å²) in [4.78, 5) is 0. The first-order valence-electron chi connectivity index (χ1n) is 6.63. The number of benzene rings is 2. The van der Waals surface area contributed by atoms with E-state index in [-0.39, 0.29) is 0 Å². The molecule has 2 aromatic rings. The molecular weight excluding hydrogens is 250 g/mol. The summed E-state index contributed by atoms with van der Waals surface area (Å²) in [6, 6.07) is 9.86. The molecule has 2 rings (SSSR count). The van der Waals surface area contributed by atoms with Gasteiger partial charge in [-0.25, -0.2) is 0 Å². The minimum absolute atomic E-state index is 0.477. The molecule has 0 radical (unpaired) electrons. The molecule has 0 unspecified atom stereocenters. The molecule has 2 N–H and O–H groups in total. The third-order valence-corrected chi connectivity index (χ3v) is 3.38. The molecule has 0 saturated carbocycles. The van der Waals surface area contributed by atoms with E-state index in [1.807, 2.05) is 12.1 Å². The Hall–Kier alpha value is -2.16. The summed E-state index contributed by atoms with van der Waals surface area (Å²) >= 11 is 0. The second-order valence-corrected chi connectivity index (χ2v) is 5.11. The van der Waals surface area contributed by atoms with Crippen LogP contribution in [0.3, 0.4) is 0 Å². The summed E-state index contributed by atoms with van der Waals surface area (Å²) < 4.78 is 11.1. The molecule has 3 heteroatoms. The van der Waals surface area contributed by atoms with Crippen molar-refractivity contribution in [2.45, 2.75) is 27.4 Å². The molecule has 0 aromatic heterocycles. The van der Waals surface area contributed by atoms with Gasteiger partial charge < -0.3 is 15.2 Å². The number of aryl methyl sites for hydroxylation is 2. The van der Waals surface area contributed by atoms with Crippen molar-refractivity contribution < 1.29 is 9.47 Å². The largest absolute Gasteiger partial charge is 0.497 e. The highest BCUT2D eigenvalue weighted by molar-refractivity contribution is 5.48. The van der Waals surface area contributed by atoms with Crippen LogP contribution in [0.15, 0.2) is 30.3 Å². The van der Waals surface area contributed by atoms with Gasteiger partial charge in [-0.1, -0.05) is 6.07 Å². The number of nitrogen functional groups attached to an aromatic ring is 1. The van der Waals surface area contributed by atoms with E-state index >= 15 is 0 Å². The third kappa shape index (κ3) is 3.23. The van der Waals surface area contributed by atoms with Crippen LogP contribution in [0.2, 0.25) is 0 Å². The van der Waals surface area contributed by atoms with Gasteiger partial charge in [0.05, 0.1) is 7.11 Å². The maximum Gasteiger partial charge on any atom is 0.123 e. The Kier molecular flexibility index (Phi) is 4.18. The van der Waals surface area contributed by atoms with Gasteiger partial charge in [-0.05, 0) is 61.2 Å². The summed E-state index contributed by atoms with van der Waals surface area (Å²) in [6.45, 7) is 6.72. The van der Waals surface area contributed by atoms with E-state index in [2.05, 4.69) is 32.9 Å². The highest BCUT2D eigenvalue weighted by Gasteiger charge is 2.05. The highest BCUT2D eigenvalue weighted by atomic mass is 16.5. The first-order chi connectivity index (χ1) is 9.49. The summed E-state index contributed by atoms with van der Waals surface area (Å²) in [6.07, 6.45) is 0. The van der Waals surface area contributed by atoms with Crippen molar-refractivity contribution in [2.75, 3.05) is 12.8 Å². The molecule has 0 amide bonds. The average Bonchev–Trinajstić information content (AvgIpc) is 2.40. The Morgan fingerprint density at radius 2 is 1.75 bits per heavy atom. The van der Waals surface area contributed by atoms with E-state index in [0.29, 0.717) is 12.3 Å². The molecule has 20 heavy (non-hydrogen) atoms. The van der Waals surface area contributed by atoms with Crippen molar-refractivity contribution in [2.24, 2.45) is 0 Å². The van der Waals surface area contributed by atoms with Crippen LogP contribution in [-0.2, 0) is 6.61 Å². The Labute approximate surface area is 120 Å². The van der Waals surface area contributed by atoms with E-state index in [1.165, 1.54) is 16.7 Å². The van der Waals surface area contributed by atoms with Gasteiger partial charge >= 0.3 is 0 Å². The minimum Gasteiger partial charge on any atom is -0.497 e. The van der Waals surface area contributed by atoms with Crippen LogP contribution in [0.5, 0.6) is 11.5 Å². The zero-order chi connectivity index (χ0) is 14.7. The van der Waals surface area contributed by atoms with Crippen LogP contribution in [0.25, 0.3) is 0 Å². The number of nitrogens with two attached hydrogens (primary N) is 1. The van der Waals surface area contributed by atoms with Crippen molar-refractivity contribution >= 4 is 5.69 Å². The molecule has 0 heterocycles. The highest BCUT2D eigenvalue weighted by Crippen LogP contribution is 2.25. The van der Waals surface area contributed by atoms with Crippen LogP contribution in [-0.4, -0.2) is 7.11 Å². The SMILES string of the molecule is COc1cc(N)cc(COc2cc(C)cc(C)c2C)c1. The fourth-order valence-electron chi connectivity index (χ4n) is 2.20. The predicted octanol–water partition coefficient (Wildman–Crippen LogP) is 3.78. The lowest BCUT2D eigenvalue weighted by Crippen LogP contribution is -2.00. The normalized spacial score (nSPS) is 10.4. The second-order valence-electron chi connectivity index (χ2n) is 5.11. The van der Waals surface area contributed by atoms with Gasteiger partial charge in [-0.15, -0.1) is 0 Å². The minimum atomic E-state index is 0.477. The van der Waals surface area contributed by atoms with E-state index in [1.54, 1.807) is 13.2 Å². The maximum absolute atomic E-state index is 5.93. The molecule has 0 spiro atoms. The Bertz CT molecular complexity index is 621. The number of rotatable bonds is 4. The second kappa shape index (κ2) is 5.87. The number of ether oxygens (including phenoxy) is 2. The lowest BCUT2D eigenvalue weighted by molar-refractivity contribution is 0.302. The van der Waals surface area contributed by atoms with Crippen LogP contribution >= 0.6 is 0 Å². The number of hydrogen-bond acceptors (Lipinski definition) is 3. The van der Waals surface area contributed by atoms with E-state index in [9.17, 15) is 0 Å². The Morgan fingerprint density at radius 1 is 1.00 bits per heavy atom. The molecule has 0 fully saturated rings. The molecule has 3 nitrogen and oxygen atoms in total. The topological polar surface area (TPSA) is 44.5 Å². The number of anilines is 1. The fourth-order valence-corrected chi connectivity index (χ4v) is 2.20. The number of hydrogen-bond donors (Lipinski definition) is 1. The van der Waals surface area contributed by atoms with Crippen LogP contribution < -0.4 is 15.2 Å². The summed E-state index contributed by atoms with van der Waals surface area (Å²) in [5, 5.41) is 0. The van der Waals surface area contributed by atoms with Gasteiger partial charge in [-0.2, -0.15) is 0 Å². The number of methoxy groups -OCH3 is 1. The summed E-state index contributed by atoms with van der Waals surface area (Å²) in [7, 11) is 1.63. The lowest BCUT2D eigenvalue weighted by atomic mass is 10.1. The molecule has 0 aliphatic heterocycles. The molecular formula is C17H21NO2. The van der Waals surface area contributed by atoms with Crippen LogP contribution in [0, 0.1) is 20.8 Å². The van der Waals surface area contributed by atoms with Gasteiger partial charge in [-0.3, -0.25) is 0 Å². The molecule has 0 aliphatic carbocycles. The first-order valence-corrected chi connectivity index (χ1v) is 6.63. The van der Waals surface area contributed by atoms with Crippen LogP contribution in [0.4, 0.5) is 5.69 Å². The monoisotopic (exact) mass is 271 g/mol. The standard InChI is InChI=1S/C17H21NO2/c1-11-5-12(2)13(3)17(6-11)20-10-14-7-15(18)9-16(8-14)19-4/h5-9H,10,18H2,1-4H3. The maximum atomic E-state index is 5.93. The van der Waals surface area contributed by atoms with Crippen LogP contribution in [0.1, 0.15) is 22.3 Å². The zero-order valence-electron chi connectivity index (χ0n) is 12.5. The quantitative estimate of drug-likeness (QED) is 0.861.